The highest BCUT2D eigenvalue weighted by atomic mass is 16.5. The highest BCUT2D eigenvalue weighted by Crippen LogP contribution is 2.45. The number of hydrogen-bond donors (Lipinski definition) is 1. The van der Waals surface area contributed by atoms with Gasteiger partial charge >= 0.3 is 0 Å². The minimum absolute atomic E-state index is 0.519. The molecule has 4 unspecified atom stereocenters. The van der Waals surface area contributed by atoms with E-state index in [4.69, 9.17) is 4.74 Å². The van der Waals surface area contributed by atoms with Crippen LogP contribution in [0.25, 0.3) is 0 Å². The summed E-state index contributed by atoms with van der Waals surface area (Å²) in [6, 6.07) is 8.09. The molecule has 1 aliphatic heterocycles. The summed E-state index contributed by atoms with van der Waals surface area (Å²) >= 11 is 0. The summed E-state index contributed by atoms with van der Waals surface area (Å²) in [6.45, 7) is 3.16. The number of rotatable bonds is 4. The van der Waals surface area contributed by atoms with Crippen molar-refractivity contribution in [3.05, 3.63) is 29.3 Å². The minimum atomic E-state index is 0.519. The zero-order valence-electron chi connectivity index (χ0n) is 12.4. The summed E-state index contributed by atoms with van der Waals surface area (Å²) in [5, 5.41) is 3.96. The molecule has 2 nitrogen and oxygen atoms in total. The van der Waals surface area contributed by atoms with Gasteiger partial charge in [0.05, 0.1) is 6.61 Å². The van der Waals surface area contributed by atoms with Crippen LogP contribution < -0.4 is 10.1 Å². The average Bonchev–Trinajstić information content (AvgIpc) is 3.19. The van der Waals surface area contributed by atoms with E-state index >= 15 is 0 Å². The lowest BCUT2D eigenvalue weighted by Gasteiger charge is -2.28. The highest BCUT2D eigenvalue weighted by Gasteiger charge is 2.40. The quantitative estimate of drug-likeness (QED) is 0.898. The molecule has 4 rings (SSSR count). The van der Waals surface area contributed by atoms with E-state index in [0.717, 1.165) is 36.7 Å². The zero-order valence-corrected chi connectivity index (χ0v) is 12.4. The van der Waals surface area contributed by atoms with Crippen molar-refractivity contribution in [2.75, 3.05) is 6.61 Å². The van der Waals surface area contributed by atoms with Gasteiger partial charge in [0.1, 0.15) is 5.75 Å². The van der Waals surface area contributed by atoms with Crippen molar-refractivity contribution in [3.63, 3.8) is 0 Å². The Bertz CT molecular complexity index is 498. The largest absolute Gasteiger partial charge is 0.493 e. The second-order valence-electron chi connectivity index (χ2n) is 6.87. The number of fused-ring (bicyclic) bond motifs is 3. The van der Waals surface area contributed by atoms with Gasteiger partial charge in [0.25, 0.3) is 0 Å². The van der Waals surface area contributed by atoms with Crippen molar-refractivity contribution in [3.8, 4) is 5.75 Å². The second-order valence-corrected chi connectivity index (χ2v) is 6.87. The van der Waals surface area contributed by atoms with Crippen LogP contribution in [-0.2, 0) is 6.42 Å². The van der Waals surface area contributed by atoms with Crippen molar-refractivity contribution in [1.82, 2.24) is 5.32 Å². The fourth-order valence-corrected chi connectivity index (χ4v) is 4.58. The molecule has 2 heteroatoms. The van der Waals surface area contributed by atoms with Crippen molar-refractivity contribution in [2.45, 2.75) is 57.5 Å². The molecule has 0 radical (unpaired) electrons. The molecule has 2 saturated carbocycles. The van der Waals surface area contributed by atoms with E-state index in [-0.39, 0.29) is 0 Å². The van der Waals surface area contributed by atoms with E-state index in [2.05, 4.69) is 30.4 Å². The van der Waals surface area contributed by atoms with Crippen LogP contribution in [-0.4, -0.2) is 12.6 Å². The van der Waals surface area contributed by atoms with Crippen molar-refractivity contribution < 1.29 is 4.74 Å². The van der Waals surface area contributed by atoms with Gasteiger partial charge in [-0.3, -0.25) is 0 Å². The average molecular weight is 271 g/mol. The Labute approximate surface area is 121 Å². The van der Waals surface area contributed by atoms with Gasteiger partial charge < -0.3 is 10.1 Å². The molecular formula is C18H25NO. The van der Waals surface area contributed by atoms with Gasteiger partial charge in [0, 0.05) is 18.5 Å². The Hall–Kier alpha value is -1.02. The molecule has 1 aromatic rings. The molecule has 2 bridgehead atoms. The lowest BCUT2D eigenvalue weighted by atomic mass is 9.93. The molecule has 4 atom stereocenters. The topological polar surface area (TPSA) is 21.3 Å². The summed E-state index contributed by atoms with van der Waals surface area (Å²) in [4.78, 5) is 0. The van der Waals surface area contributed by atoms with Gasteiger partial charge in [-0.15, -0.1) is 0 Å². The summed E-state index contributed by atoms with van der Waals surface area (Å²) < 4.78 is 5.62. The molecular weight excluding hydrogens is 246 g/mol. The number of nitrogens with one attached hydrogen (secondary N) is 1. The lowest BCUT2D eigenvalue weighted by molar-refractivity contribution is 0.315. The van der Waals surface area contributed by atoms with Crippen LogP contribution in [0, 0.1) is 11.8 Å². The maximum Gasteiger partial charge on any atom is 0.122 e. The van der Waals surface area contributed by atoms with Crippen LogP contribution in [0.2, 0.25) is 0 Å². The number of benzene rings is 1. The van der Waals surface area contributed by atoms with E-state index in [1.807, 2.05) is 0 Å². The Balaban J connectivity index is 1.50. The van der Waals surface area contributed by atoms with E-state index in [0.29, 0.717) is 6.04 Å². The molecule has 0 amide bonds. The number of hydrogen-bond acceptors (Lipinski definition) is 2. The molecule has 3 aliphatic rings. The van der Waals surface area contributed by atoms with E-state index in [9.17, 15) is 0 Å². The summed E-state index contributed by atoms with van der Waals surface area (Å²) in [7, 11) is 0. The van der Waals surface area contributed by atoms with Crippen LogP contribution in [0.15, 0.2) is 18.2 Å². The molecule has 0 spiro atoms. The molecule has 1 heterocycles. The first kappa shape index (κ1) is 12.7. The van der Waals surface area contributed by atoms with Crippen molar-refractivity contribution in [2.24, 2.45) is 11.8 Å². The van der Waals surface area contributed by atoms with Crippen LogP contribution in [0.1, 0.15) is 56.2 Å². The molecule has 0 aromatic heterocycles. The van der Waals surface area contributed by atoms with Gasteiger partial charge in [-0.25, -0.2) is 0 Å². The van der Waals surface area contributed by atoms with Crippen molar-refractivity contribution >= 4 is 0 Å². The monoisotopic (exact) mass is 271 g/mol. The molecule has 2 fully saturated rings. The summed E-state index contributed by atoms with van der Waals surface area (Å²) in [5.74, 6) is 3.07. The Morgan fingerprint density at radius 1 is 1.30 bits per heavy atom. The SMILES string of the molecule is CCC(NC1CC2CCC1C2)c1ccc2c(c1)CCO2. The third-order valence-electron chi connectivity index (χ3n) is 5.68. The van der Waals surface area contributed by atoms with Gasteiger partial charge in [-0.2, -0.15) is 0 Å². The number of ether oxygens (including phenoxy) is 1. The molecule has 1 N–H and O–H groups in total. The van der Waals surface area contributed by atoms with Gasteiger partial charge in [0.2, 0.25) is 0 Å². The third kappa shape index (κ3) is 2.14. The fraction of sp³-hybridized carbons (Fsp3) is 0.667. The molecule has 1 aromatic carbocycles. The van der Waals surface area contributed by atoms with E-state index in [1.165, 1.54) is 43.2 Å². The molecule has 2 aliphatic carbocycles. The standard InChI is InChI=1S/C18H25NO/c1-2-16(19-17-10-12-3-4-13(17)9-12)14-5-6-18-15(11-14)7-8-20-18/h5-6,11-13,16-17,19H,2-4,7-10H2,1H3. The van der Waals surface area contributed by atoms with Gasteiger partial charge in [0.15, 0.2) is 0 Å². The first-order chi connectivity index (χ1) is 9.83. The molecule has 20 heavy (non-hydrogen) atoms. The highest BCUT2D eigenvalue weighted by molar-refractivity contribution is 5.40. The minimum Gasteiger partial charge on any atom is -0.493 e. The zero-order chi connectivity index (χ0) is 13.5. The second kappa shape index (κ2) is 5.07. The normalized spacial score (nSPS) is 32.1. The van der Waals surface area contributed by atoms with E-state index in [1.54, 1.807) is 0 Å². The Morgan fingerprint density at radius 2 is 2.25 bits per heavy atom. The van der Waals surface area contributed by atoms with Crippen molar-refractivity contribution in [1.29, 1.82) is 0 Å². The predicted octanol–water partition coefficient (Wildman–Crippen LogP) is 3.85. The molecule has 0 saturated heterocycles. The van der Waals surface area contributed by atoms with E-state index < -0.39 is 0 Å². The Kier molecular flexibility index (Phi) is 3.22. The first-order valence-electron chi connectivity index (χ1n) is 8.35. The first-order valence-corrected chi connectivity index (χ1v) is 8.35. The summed E-state index contributed by atoms with van der Waals surface area (Å²) in [6.07, 6.45) is 8.08. The Morgan fingerprint density at radius 3 is 3.00 bits per heavy atom. The predicted molar refractivity (Wildman–Crippen MR) is 81.0 cm³/mol. The smallest absolute Gasteiger partial charge is 0.122 e. The maximum absolute atomic E-state index is 5.62. The third-order valence-corrected chi connectivity index (χ3v) is 5.68. The molecule has 108 valence electrons. The summed E-state index contributed by atoms with van der Waals surface area (Å²) in [5.41, 5.74) is 2.86. The lowest BCUT2D eigenvalue weighted by Crippen LogP contribution is -2.36. The maximum atomic E-state index is 5.62. The fourth-order valence-electron chi connectivity index (χ4n) is 4.58. The van der Waals surface area contributed by atoms with Gasteiger partial charge in [-0.05, 0) is 54.7 Å². The van der Waals surface area contributed by atoms with Crippen LogP contribution in [0.4, 0.5) is 0 Å². The van der Waals surface area contributed by atoms with Gasteiger partial charge in [-0.1, -0.05) is 25.5 Å². The van der Waals surface area contributed by atoms with Crippen LogP contribution >= 0.6 is 0 Å². The van der Waals surface area contributed by atoms with Crippen LogP contribution in [0.5, 0.6) is 5.75 Å². The van der Waals surface area contributed by atoms with Crippen LogP contribution in [0.3, 0.4) is 0 Å².